The van der Waals surface area contributed by atoms with Crippen molar-refractivity contribution in [3.8, 4) is 0 Å². The molecule has 0 aliphatic heterocycles. The lowest BCUT2D eigenvalue weighted by atomic mass is 9.97. The third-order valence-corrected chi connectivity index (χ3v) is 5.29. The number of nitrogens with one attached hydrogen (secondary N) is 1. The van der Waals surface area contributed by atoms with E-state index in [1.165, 1.54) is 36.7 Å². The van der Waals surface area contributed by atoms with E-state index in [1.54, 1.807) is 13.0 Å². The Kier molecular flexibility index (Phi) is 5.51. The number of carbonyl (C=O) groups is 1. The second kappa shape index (κ2) is 7.81. The van der Waals surface area contributed by atoms with E-state index in [9.17, 15) is 9.59 Å². The molecule has 1 aromatic carbocycles. The van der Waals surface area contributed by atoms with Crippen LogP contribution in [-0.4, -0.2) is 21.5 Å². The SMILES string of the molecule is CCCCC1CCCC1NC(=O)Cn1c(C)nc2ccccc2c1=O. The molecular formula is C20H27N3O2. The highest BCUT2D eigenvalue weighted by atomic mass is 16.2. The summed E-state index contributed by atoms with van der Waals surface area (Å²) in [7, 11) is 0. The minimum absolute atomic E-state index is 0.0412. The second-order valence-electron chi connectivity index (χ2n) is 7.07. The molecule has 25 heavy (non-hydrogen) atoms. The van der Waals surface area contributed by atoms with Crippen molar-refractivity contribution >= 4 is 16.8 Å². The summed E-state index contributed by atoms with van der Waals surface area (Å²) in [5.74, 6) is 1.07. The number of amides is 1. The minimum atomic E-state index is -0.146. The number of aromatic nitrogens is 2. The summed E-state index contributed by atoms with van der Waals surface area (Å²) >= 11 is 0. The maximum Gasteiger partial charge on any atom is 0.261 e. The van der Waals surface area contributed by atoms with Crippen LogP contribution in [0.15, 0.2) is 29.1 Å². The van der Waals surface area contributed by atoms with Crippen molar-refractivity contribution in [2.24, 2.45) is 5.92 Å². The molecule has 1 N–H and O–H groups in total. The maximum absolute atomic E-state index is 12.7. The van der Waals surface area contributed by atoms with E-state index in [2.05, 4.69) is 17.2 Å². The number of hydrogen-bond acceptors (Lipinski definition) is 3. The zero-order valence-electron chi connectivity index (χ0n) is 15.1. The van der Waals surface area contributed by atoms with Gasteiger partial charge in [-0.15, -0.1) is 0 Å². The third-order valence-electron chi connectivity index (χ3n) is 5.29. The number of benzene rings is 1. The van der Waals surface area contributed by atoms with Gasteiger partial charge in [0, 0.05) is 6.04 Å². The molecule has 0 saturated heterocycles. The summed E-state index contributed by atoms with van der Waals surface area (Å²) < 4.78 is 1.48. The van der Waals surface area contributed by atoms with E-state index in [1.807, 2.05) is 18.2 Å². The van der Waals surface area contributed by atoms with E-state index >= 15 is 0 Å². The number of fused-ring (bicyclic) bond motifs is 1. The molecule has 5 heteroatoms. The Morgan fingerprint density at radius 1 is 1.32 bits per heavy atom. The molecule has 0 spiro atoms. The van der Waals surface area contributed by atoms with E-state index < -0.39 is 0 Å². The average molecular weight is 341 g/mol. The van der Waals surface area contributed by atoms with E-state index in [0.29, 0.717) is 22.6 Å². The van der Waals surface area contributed by atoms with E-state index in [-0.39, 0.29) is 24.1 Å². The normalized spacial score (nSPS) is 20.1. The summed E-state index contributed by atoms with van der Waals surface area (Å²) in [6.45, 7) is 4.02. The molecule has 0 radical (unpaired) electrons. The molecule has 2 aromatic rings. The van der Waals surface area contributed by atoms with Gasteiger partial charge in [-0.05, 0) is 44.2 Å². The lowest BCUT2D eigenvalue weighted by molar-refractivity contribution is -0.122. The first-order chi connectivity index (χ1) is 12.1. The summed E-state index contributed by atoms with van der Waals surface area (Å²) in [4.78, 5) is 29.7. The van der Waals surface area contributed by atoms with Crippen LogP contribution in [0.25, 0.3) is 10.9 Å². The van der Waals surface area contributed by atoms with Gasteiger partial charge in [0.15, 0.2) is 0 Å². The lowest BCUT2D eigenvalue weighted by Gasteiger charge is -2.21. The van der Waals surface area contributed by atoms with Crippen LogP contribution in [0.4, 0.5) is 0 Å². The van der Waals surface area contributed by atoms with Gasteiger partial charge < -0.3 is 5.32 Å². The van der Waals surface area contributed by atoms with Gasteiger partial charge in [-0.3, -0.25) is 14.2 Å². The van der Waals surface area contributed by atoms with Gasteiger partial charge in [-0.1, -0.05) is 38.3 Å². The van der Waals surface area contributed by atoms with Crippen LogP contribution in [0.3, 0.4) is 0 Å². The highest BCUT2D eigenvalue weighted by molar-refractivity contribution is 5.79. The van der Waals surface area contributed by atoms with Gasteiger partial charge in [-0.2, -0.15) is 0 Å². The average Bonchev–Trinajstić information content (AvgIpc) is 3.03. The van der Waals surface area contributed by atoms with Crippen molar-refractivity contribution in [1.29, 1.82) is 0 Å². The lowest BCUT2D eigenvalue weighted by Crippen LogP contribution is -2.41. The Bertz CT molecular complexity index is 812. The molecule has 3 rings (SSSR count). The Morgan fingerprint density at radius 2 is 2.12 bits per heavy atom. The molecule has 1 amide bonds. The number of para-hydroxylation sites is 1. The second-order valence-corrected chi connectivity index (χ2v) is 7.07. The Hall–Kier alpha value is -2.17. The van der Waals surface area contributed by atoms with Crippen molar-refractivity contribution in [3.05, 3.63) is 40.4 Å². The van der Waals surface area contributed by atoms with E-state index in [4.69, 9.17) is 0 Å². The fraction of sp³-hybridized carbons (Fsp3) is 0.550. The Morgan fingerprint density at radius 3 is 2.92 bits per heavy atom. The number of rotatable bonds is 6. The zero-order valence-corrected chi connectivity index (χ0v) is 15.1. The molecule has 1 aliphatic rings. The summed E-state index contributed by atoms with van der Waals surface area (Å²) in [6, 6.07) is 7.52. The van der Waals surface area contributed by atoms with Crippen molar-refractivity contribution in [2.75, 3.05) is 0 Å². The van der Waals surface area contributed by atoms with Crippen LogP contribution in [0, 0.1) is 12.8 Å². The summed E-state index contributed by atoms with van der Waals surface area (Å²) in [6.07, 6.45) is 7.00. The number of hydrogen-bond donors (Lipinski definition) is 1. The van der Waals surface area contributed by atoms with Crippen LogP contribution >= 0.6 is 0 Å². The topological polar surface area (TPSA) is 64.0 Å². The van der Waals surface area contributed by atoms with Crippen LogP contribution in [-0.2, 0) is 11.3 Å². The molecule has 1 heterocycles. The first-order valence-electron chi connectivity index (χ1n) is 9.35. The molecule has 2 atom stereocenters. The van der Waals surface area contributed by atoms with Gasteiger partial charge in [-0.25, -0.2) is 4.98 Å². The fourth-order valence-corrected chi connectivity index (χ4v) is 3.90. The predicted molar refractivity (Wildman–Crippen MR) is 99.5 cm³/mol. The molecular weight excluding hydrogens is 314 g/mol. The van der Waals surface area contributed by atoms with Crippen molar-refractivity contribution in [3.63, 3.8) is 0 Å². The Labute approximate surface area is 148 Å². The van der Waals surface area contributed by atoms with Gasteiger partial charge in [0.2, 0.25) is 5.91 Å². The summed E-state index contributed by atoms with van der Waals surface area (Å²) in [5.41, 5.74) is 0.532. The molecule has 0 bridgehead atoms. The fourth-order valence-electron chi connectivity index (χ4n) is 3.90. The maximum atomic E-state index is 12.7. The smallest absolute Gasteiger partial charge is 0.261 e. The van der Waals surface area contributed by atoms with Crippen molar-refractivity contribution in [2.45, 2.75) is 65.0 Å². The predicted octanol–water partition coefficient (Wildman–Crippen LogP) is 3.18. The van der Waals surface area contributed by atoms with Crippen molar-refractivity contribution in [1.82, 2.24) is 14.9 Å². The van der Waals surface area contributed by atoms with Crippen LogP contribution in [0.5, 0.6) is 0 Å². The van der Waals surface area contributed by atoms with Crippen molar-refractivity contribution < 1.29 is 4.79 Å². The van der Waals surface area contributed by atoms with Crippen LogP contribution < -0.4 is 10.9 Å². The first-order valence-corrected chi connectivity index (χ1v) is 9.35. The summed E-state index contributed by atoms with van der Waals surface area (Å²) in [5, 5.41) is 3.72. The number of carbonyl (C=O) groups excluding carboxylic acids is 1. The van der Waals surface area contributed by atoms with Gasteiger partial charge in [0.05, 0.1) is 10.9 Å². The highest BCUT2D eigenvalue weighted by Crippen LogP contribution is 2.29. The molecule has 5 nitrogen and oxygen atoms in total. The minimum Gasteiger partial charge on any atom is -0.352 e. The monoisotopic (exact) mass is 341 g/mol. The van der Waals surface area contributed by atoms with Gasteiger partial charge in [0.1, 0.15) is 12.4 Å². The number of aryl methyl sites for hydroxylation is 1. The first kappa shape index (κ1) is 17.6. The van der Waals surface area contributed by atoms with E-state index in [0.717, 1.165) is 6.42 Å². The highest BCUT2D eigenvalue weighted by Gasteiger charge is 2.28. The number of unbranched alkanes of at least 4 members (excludes halogenated alkanes) is 1. The van der Waals surface area contributed by atoms with Crippen LogP contribution in [0.1, 0.15) is 51.3 Å². The molecule has 1 aliphatic carbocycles. The standard InChI is InChI=1S/C20H27N3O2/c1-3-4-8-15-9-7-12-17(15)22-19(24)13-23-14(2)21-18-11-6-5-10-16(18)20(23)25/h5-6,10-11,15,17H,3-4,7-9,12-13H2,1-2H3,(H,22,24). The number of nitrogens with zero attached hydrogens (tertiary/aromatic N) is 2. The van der Waals surface area contributed by atoms with Gasteiger partial charge >= 0.3 is 0 Å². The molecule has 1 saturated carbocycles. The Balaban J connectivity index is 1.73. The third kappa shape index (κ3) is 3.91. The van der Waals surface area contributed by atoms with Crippen LogP contribution in [0.2, 0.25) is 0 Å². The molecule has 1 fully saturated rings. The quantitative estimate of drug-likeness (QED) is 0.878. The molecule has 1 aromatic heterocycles. The zero-order chi connectivity index (χ0) is 17.8. The molecule has 2 unspecified atom stereocenters. The van der Waals surface area contributed by atoms with Gasteiger partial charge in [0.25, 0.3) is 5.56 Å². The largest absolute Gasteiger partial charge is 0.352 e. The molecule has 134 valence electrons.